The molecule has 0 aliphatic rings. The number of carbonyl (C=O) groups is 1. The van der Waals surface area contributed by atoms with Crippen LogP contribution in [0.4, 0.5) is 10.1 Å². The first-order valence-electron chi connectivity index (χ1n) is 7.13. The summed E-state index contributed by atoms with van der Waals surface area (Å²) in [5.74, 6) is 0.0303. The summed E-state index contributed by atoms with van der Waals surface area (Å²) in [5.41, 5.74) is 1.71. The van der Waals surface area contributed by atoms with E-state index in [0.29, 0.717) is 11.4 Å². The maximum atomic E-state index is 12.8. The largest absolute Gasteiger partial charge is 0.484 e. The van der Waals surface area contributed by atoms with Gasteiger partial charge in [-0.05, 0) is 47.4 Å². The fraction of sp³-hybridized carbons (Fsp3) is 0.278. The van der Waals surface area contributed by atoms with Crippen LogP contribution in [-0.4, -0.2) is 12.5 Å². The van der Waals surface area contributed by atoms with Crippen LogP contribution in [0.1, 0.15) is 26.3 Å². The number of amides is 1. The molecule has 0 aliphatic heterocycles. The van der Waals surface area contributed by atoms with Crippen LogP contribution in [0.15, 0.2) is 48.5 Å². The number of rotatable bonds is 4. The Bertz CT molecular complexity index is 645. The SMILES string of the molecule is CC(C)(C)c1cccc(OCC(=O)Nc2ccc(F)cc2)c1. The molecule has 0 saturated heterocycles. The van der Waals surface area contributed by atoms with Gasteiger partial charge in [-0.15, -0.1) is 0 Å². The van der Waals surface area contributed by atoms with E-state index in [1.165, 1.54) is 24.3 Å². The molecule has 3 nitrogen and oxygen atoms in total. The van der Waals surface area contributed by atoms with Gasteiger partial charge >= 0.3 is 0 Å². The molecule has 1 amide bonds. The zero-order valence-electron chi connectivity index (χ0n) is 13.0. The Morgan fingerprint density at radius 2 is 1.82 bits per heavy atom. The molecule has 4 heteroatoms. The van der Waals surface area contributed by atoms with Crippen molar-refractivity contribution in [2.45, 2.75) is 26.2 Å². The standard InChI is InChI=1S/C18H20FNO2/c1-18(2,3)13-5-4-6-16(11-13)22-12-17(21)20-15-9-7-14(19)8-10-15/h4-11H,12H2,1-3H3,(H,20,21). The molecule has 2 aromatic carbocycles. The molecule has 1 N–H and O–H groups in total. The predicted octanol–water partition coefficient (Wildman–Crippen LogP) is 4.14. The molecule has 2 aromatic rings. The van der Waals surface area contributed by atoms with Crippen LogP contribution in [0.25, 0.3) is 0 Å². The van der Waals surface area contributed by atoms with Gasteiger partial charge in [-0.2, -0.15) is 0 Å². The van der Waals surface area contributed by atoms with E-state index in [1.54, 1.807) is 0 Å². The predicted molar refractivity (Wildman–Crippen MR) is 85.7 cm³/mol. The summed E-state index contributed by atoms with van der Waals surface area (Å²) in [6, 6.07) is 13.3. The second kappa shape index (κ2) is 6.60. The van der Waals surface area contributed by atoms with E-state index in [9.17, 15) is 9.18 Å². The normalized spacial score (nSPS) is 11.1. The van der Waals surface area contributed by atoms with Gasteiger partial charge in [-0.25, -0.2) is 4.39 Å². The fourth-order valence-electron chi connectivity index (χ4n) is 1.93. The van der Waals surface area contributed by atoms with Crippen molar-refractivity contribution in [2.75, 3.05) is 11.9 Å². The topological polar surface area (TPSA) is 38.3 Å². The molecule has 0 spiro atoms. The lowest BCUT2D eigenvalue weighted by atomic mass is 9.87. The minimum absolute atomic E-state index is 0.0236. The number of hydrogen-bond donors (Lipinski definition) is 1. The zero-order chi connectivity index (χ0) is 16.2. The Morgan fingerprint density at radius 1 is 1.14 bits per heavy atom. The highest BCUT2D eigenvalue weighted by Gasteiger charge is 2.14. The fourth-order valence-corrected chi connectivity index (χ4v) is 1.93. The van der Waals surface area contributed by atoms with Crippen molar-refractivity contribution in [1.82, 2.24) is 0 Å². The van der Waals surface area contributed by atoms with E-state index in [-0.39, 0.29) is 23.7 Å². The summed E-state index contributed by atoms with van der Waals surface area (Å²) in [6.45, 7) is 6.26. The first-order chi connectivity index (χ1) is 10.3. The maximum Gasteiger partial charge on any atom is 0.262 e. The minimum atomic E-state index is -0.340. The minimum Gasteiger partial charge on any atom is -0.484 e. The number of benzene rings is 2. The molecule has 0 unspecified atom stereocenters. The lowest BCUT2D eigenvalue weighted by Gasteiger charge is -2.19. The zero-order valence-corrected chi connectivity index (χ0v) is 13.0. The first-order valence-corrected chi connectivity index (χ1v) is 7.13. The number of halogens is 1. The molecule has 0 aliphatic carbocycles. The number of ether oxygens (including phenoxy) is 1. The molecule has 0 radical (unpaired) electrons. The van der Waals surface area contributed by atoms with Gasteiger partial charge in [0.25, 0.3) is 5.91 Å². The van der Waals surface area contributed by atoms with Crippen molar-refractivity contribution in [1.29, 1.82) is 0 Å². The summed E-state index contributed by atoms with van der Waals surface area (Å²) in [5, 5.41) is 2.65. The molecule has 0 aromatic heterocycles. The Balaban J connectivity index is 1.92. The van der Waals surface area contributed by atoms with Crippen molar-refractivity contribution in [3.8, 4) is 5.75 Å². The monoisotopic (exact) mass is 301 g/mol. The Kier molecular flexibility index (Phi) is 4.81. The van der Waals surface area contributed by atoms with Gasteiger partial charge in [0.2, 0.25) is 0 Å². The highest BCUT2D eigenvalue weighted by Crippen LogP contribution is 2.25. The van der Waals surface area contributed by atoms with Crippen LogP contribution in [-0.2, 0) is 10.2 Å². The summed E-state index contributed by atoms with van der Waals surface area (Å²) < 4.78 is 18.3. The second-order valence-corrected chi connectivity index (χ2v) is 6.12. The van der Waals surface area contributed by atoms with Crippen LogP contribution in [0.3, 0.4) is 0 Å². The highest BCUT2D eigenvalue weighted by atomic mass is 19.1. The van der Waals surface area contributed by atoms with E-state index in [0.717, 1.165) is 5.56 Å². The van der Waals surface area contributed by atoms with Crippen molar-refractivity contribution < 1.29 is 13.9 Å². The van der Waals surface area contributed by atoms with Gasteiger partial charge in [0.1, 0.15) is 11.6 Å². The molecule has 2 rings (SSSR count). The molecule has 116 valence electrons. The number of anilines is 1. The van der Waals surface area contributed by atoms with Gasteiger partial charge in [0.05, 0.1) is 0 Å². The van der Waals surface area contributed by atoms with Crippen LogP contribution < -0.4 is 10.1 Å². The van der Waals surface area contributed by atoms with Crippen LogP contribution in [0.2, 0.25) is 0 Å². The van der Waals surface area contributed by atoms with E-state index in [1.807, 2.05) is 24.3 Å². The van der Waals surface area contributed by atoms with Crippen molar-refractivity contribution in [3.05, 3.63) is 59.9 Å². The molecule has 0 atom stereocenters. The van der Waals surface area contributed by atoms with E-state index < -0.39 is 0 Å². The number of hydrogen-bond acceptors (Lipinski definition) is 2. The average Bonchev–Trinajstić information content (AvgIpc) is 2.47. The summed E-state index contributed by atoms with van der Waals surface area (Å²) >= 11 is 0. The van der Waals surface area contributed by atoms with Crippen LogP contribution >= 0.6 is 0 Å². The number of nitrogens with one attached hydrogen (secondary N) is 1. The summed E-state index contributed by atoms with van der Waals surface area (Å²) in [4.78, 5) is 11.8. The Labute approximate surface area is 130 Å². The third kappa shape index (κ3) is 4.58. The Hall–Kier alpha value is -2.36. The third-order valence-corrected chi connectivity index (χ3v) is 3.20. The Morgan fingerprint density at radius 3 is 2.45 bits per heavy atom. The number of carbonyl (C=O) groups excluding carboxylic acids is 1. The highest BCUT2D eigenvalue weighted by molar-refractivity contribution is 5.91. The first kappa shape index (κ1) is 16.0. The van der Waals surface area contributed by atoms with Gasteiger partial charge in [-0.1, -0.05) is 32.9 Å². The lowest BCUT2D eigenvalue weighted by Crippen LogP contribution is -2.20. The van der Waals surface area contributed by atoms with Gasteiger partial charge in [0.15, 0.2) is 6.61 Å². The summed E-state index contributed by atoms with van der Waals surface area (Å²) in [6.07, 6.45) is 0. The van der Waals surface area contributed by atoms with Gasteiger partial charge < -0.3 is 10.1 Å². The van der Waals surface area contributed by atoms with E-state index >= 15 is 0 Å². The third-order valence-electron chi connectivity index (χ3n) is 3.20. The van der Waals surface area contributed by atoms with Crippen LogP contribution in [0, 0.1) is 5.82 Å². The van der Waals surface area contributed by atoms with Crippen LogP contribution in [0.5, 0.6) is 5.75 Å². The van der Waals surface area contributed by atoms with Crippen molar-refractivity contribution >= 4 is 11.6 Å². The molecule has 0 saturated carbocycles. The average molecular weight is 301 g/mol. The van der Waals surface area contributed by atoms with Gasteiger partial charge in [0, 0.05) is 5.69 Å². The molecular formula is C18H20FNO2. The lowest BCUT2D eigenvalue weighted by molar-refractivity contribution is -0.118. The van der Waals surface area contributed by atoms with E-state index in [4.69, 9.17) is 4.74 Å². The molecular weight excluding hydrogens is 281 g/mol. The quantitative estimate of drug-likeness (QED) is 0.921. The van der Waals surface area contributed by atoms with Gasteiger partial charge in [-0.3, -0.25) is 4.79 Å². The molecule has 0 fully saturated rings. The van der Waals surface area contributed by atoms with Crippen molar-refractivity contribution in [2.24, 2.45) is 0 Å². The second-order valence-electron chi connectivity index (χ2n) is 6.12. The maximum absolute atomic E-state index is 12.8. The molecule has 22 heavy (non-hydrogen) atoms. The molecule has 0 heterocycles. The van der Waals surface area contributed by atoms with E-state index in [2.05, 4.69) is 26.1 Å². The van der Waals surface area contributed by atoms with Crippen molar-refractivity contribution in [3.63, 3.8) is 0 Å². The molecule has 0 bridgehead atoms. The summed E-state index contributed by atoms with van der Waals surface area (Å²) in [7, 11) is 0. The smallest absolute Gasteiger partial charge is 0.262 e.